The van der Waals surface area contributed by atoms with Crippen LogP contribution >= 0.6 is 0 Å². The lowest BCUT2D eigenvalue weighted by atomic mass is 10.2. The summed E-state index contributed by atoms with van der Waals surface area (Å²) in [4.78, 5) is 16.2. The smallest absolute Gasteiger partial charge is 0.319 e. The van der Waals surface area contributed by atoms with Crippen LogP contribution in [0.1, 0.15) is 13.8 Å². The van der Waals surface area contributed by atoms with Crippen molar-refractivity contribution in [2.45, 2.75) is 19.9 Å². The Balaban J connectivity index is 1.78. The van der Waals surface area contributed by atoms with E-state index in [1.165, 1.54) is 0 Å². The number of rotatable bonds is 6. The third-order valence-corrected chi connectivity index (χ3v) is 3.85. The van der Waals surface area contributed by atoms with Crippen LogP contribution in [0.2, 0.25) is 0 Å². The second-order valence-corrected chi connectivity index (χ2v) is 6.35. The molecule has 0 spiro atoms. The monoisotopic (exact) mass is 382 g/mol. The van der Waals surface area contributed by atoms with Crippen molar-refractivity contribution in [3.63, 3.8) is 0 Å². The van der Waals surface area contributed by atoms with Crippen molar-refractivity contribution in [2.75, 3.05) is 19.5 Å². The zero-order valence-corrected chi connectivity index (χ0v) is 16.1. The molecule has 8 nitrogen and oxygen atoms in total. The largest absolute Gasteiger partial charge is 0.497 e. The molecule has 0 bridgehead atoms. The van der Waals surface area contributed by atoms with Gasteiger partial charge in [-0.05, 0) is 50.2 Å². The van der Waals surface area contributed by atoms with Gasteiger partial charge in [0, 0.05) is 28.9 Å². The van der Waals surface area contributed by atoms with Gasteiger partial charge < -0.3 is 24.6 Å². The van der Waals surface area contributed by atoms with Crippen LogP contribution in [0.25, 0.3) is 22.8 Å². The molecule has 0 fully saturated rings. The van der Waals surface area contributed by atoms with E-state index in [0.29, 0.717) is 34.5 Å². The fraction of sp³-hybridized carbons (Fsp3) is 0.250. The van der Waals surface area contributed by atoms with E-state index in [9.17, 15) is 4.79 Å². The van der Waals surface area contributed by atoms with Gasteiger partial charge >= 0.3 is 6.03 Å². The molecule has 3 aromatic rings. The summed E-state index contributed by atoms with van der Waals surface area (Å²) in [6.45, 7) is 3.79. The molecule has 0 saturated heterocycles. The van der Waals surface area contributed by atoms with Crippen molar-refractivity contribution >= 4 is 11.7 Å². The van der Waals surface area contributed by atoms with Gasteiger partial charge in [-0.1, -0.05) is 5.16 Å². The molecule has 0 aliphatic rings. The molecular formula is C20H22N4O4. The van der Waals surface area contributed by atoms with Crippen LogP contribution in [0, 0.1) is 0 Å². The molecule has 0 saturated carbocycles. The second-order valence-electron chi connectivity index (χ2n) is 6.35. The number of carbonyl (C=O) groups is 1. The zero-order chi connectivity index (χ0) is 20.1. The van der Waals surface area contributed by atoms with E-state index in [1.54, 1.807) is 44.6 Å². The number of nitrogens with one attached hydrogen (secondary N) is 2. The Bertz CT molecular complexity index is 929. The van der Waals surface area contributed by atoms with E-state index >= 15 is 0 Å². The van der Waals surface area contributed by atoms with Crippen LogP contribution in [-0.2, 0) is 0 Å². The lowest BCUT2D eigenvalue weighted by Crippen LogP contribution is -2.34. The first-order chi connectivity index (χ1) is 13.5. The molecule has 0 aliphatic carbocycles. The average molecular weight is 382 g/mol. The lowest BCUT2D eigenvalue weighted by molar-refractivity contribution is 0.250. The Morgan fingerprint density at radius 2 is 1.64 bits per heavy atom. The van der Waals surface area contributed by atoms with Crippen LogP contribution in [0.4, 0.5) is 10.5 Å². The normalized spacial score (nSPS) is 10.6. The van der Waals surface area contributed by atoms with Gasteiger partial charge in [0.25, 0.3) is 5.89 Å². The first-order valence-corrected chi connectivity index (χ1v) is 8.73. The minimum Gasteiger partial charge on any atom is -0.497 e. The first-order valence-electron chi connectivity index (χ1n) is 8.73. The Hall–Kier alpha value is -3.55. The number of amides is 2. The van der Waals surface area contributed by atoms with Gasteiger partial charge in [0.2, 0.25) is 5.82 Å². The van der Waals surface area contributed by atoms with Gasteiger partial charge in [-0.2, -0.15) is 4.98 Å². The number of methoxy groups -OCH3 is 2. The zero-order valence-electron chi connectivity index (χ0n) is 16.1. The van der Waals surface area contributed by atoms with E-state index < -0.39 is 0 Å². The topological polar surface area (TPSA) is 98.5 Å². The number of hydrogen-bond donors (Lipinski definition) is 2. The maximum atomic E-state index is 11.8. The van der Waals surface area contributed by atoms with Crippen molar-refractivity contribution in [3.8, 4) is 34.3 Å². The lowest BCUT2D eigenvalue weighted by Gasteiger charge is -2.10. The summed E-state index contributed by atoms with van der Waals surface area (Å²) < 4.78 is 15.9. The molecule has 146 valence electrons. The predicted molar refractivity (Wildman–Crippen MR) is 106 cm³/mol. The van der Waals surface area contributed by atoms with Crippen molar-refractivity contribution < 1.29 is 18.8 Å². The van der Waals surface area contributed by atoms with Gasteiger partial charge in [-0.25, -0.2) is 4.79 Å². The standard InChI is InChI=1S/C20H22N4O4/c1-12(2)21-20(25)22-15-7-5-13(6-8-15)18-23-19(28-24-18)14-9-16(26-3)11-17(10-14)27-4/h5-12H,1-4H3,(H2,21,22,25). The fourth-order valence-corrected chi connectivity index (χ4v) is 2.52. The number of aromatic nitrogens is 2. The van der Waals surface area contributed by atoms with Gasteiger partial charge in [-0.15, -0.1) is 0 Å². The van der Waals surface area contributed by atoms with Crippen LogP contribution in [0.5, 0.6) is 11.5 Å². The van der Waals surface area contributed by atoms with Gasteiger partial charge in [0.1, 0.15) is 11.5 Å². The van der Waals surface area contributed by atoms with E-state index in [2.05, 4.69) is 20.8 Å². The molecular weight excluding hydrogens is 360 g/mol. The summed E-state index contributed by atoms with van der Waals surface area (Å²) in [7, 11) is 3.16. The molecule has 1 aromatic heterocycles. The minimum absolute atomic E-state index is 0.0623. The van der Waals surface area contributed by atoms with Crippen LogP contribution in [-0.4, -0.2) is 36.4 Å². The molecule has 0 radical (unpaired) electrons. The number of benzene rings is 2. The third-order valence-electron chi connectivity index (χ3n) is 3.85. The van der Waals surface area contributed by atoms with Crippen molar-refractivity contribution in [1.82, 2.24) is 15.5 Å². The second kappa shape index (κ2) is 8.43. The molecule has 2 aromatic carbocycles. The van der Waals surface area contributed by atoms with E-state index in [0.717, 1.165) is 5.56 Å². The highest BCUT2D eigenvalue weighted by Crippen LogP contribution is 2.30. The summed E-state index contributed by atoms with van der Waals surface area (Å²) in [5.41, 5.74) is 2.13. The molecule has 3 rings (SSSR count). The quantitative estimate of drug-likeness (QED) is 0.670. The minimum atomic E-state index is -0.253. The highest BCUT2D eigenvalue weighted by atomic mass is 16.5. The molecule has 28 heavy (non-hydrogen) atoms. The van der Waals surface area contributed by atoms with Crippen LogP contribution in [0.3, 0.4) is 0 Å². The highest BCUT2D eigenvalue weighted by Gasteiger charge is 2.13. The fourth-order valence-electron chi connectivity index (χ4n) is 2.52. The summed E-state index contributed by atoms with van der Waals surface area (Å²) in [5.74, 6) is 2.05. The third kappa shape index (κ3) is 4.59. The Morgan fingerprint density at radius 1 is 1.00 bits per heavy atom. The van der Waals surface area contributed by atoms with Crippen LogP contribution < -0.4 is 20.1 Å². The Kier molecular flexibility index (Phi) is 5.78. The average Bonchev–Trinajstić information content (AvgIpc) is 3.17. The van der Waals surface area contributed by atoms with Crippen molar-refractivity contribution in [1.29, 1.82) is 0 Å². The molecule has 1 heterocycles. The number of ether oxygens (including phenoxy) is 2. The van der Waals surface area contributed by atoms with Crippen LogP contribution in [0.15, 0.2) is 47.0 Å². The van der Waals surface area contributed by atoms with Gasteiger partial charge in [-0.3, -0.25) is 0 Å². The predicted octanol–water partition coefficient (Wildman–Crippen LogP) is 3.95. The molecule has 0 atom stereocenters. The van der Waals surface area contributed by atoms with E-state index in [1.807, 2.05) is 26.0 Å². The SMILES string of the molecule is COc1cc(OC)cc(-c2nc(-c3ccc(NC(=O)NC(C)C)cc3)no2)c1. The molecule has 0 unspecified atom stereocenters. The number of hydrogen-bond acceptors (Lipinski definition) is 6. The highest BCUT2D eigenvalue weighted by molar-refractivity contribution is 5.89. The Labute approximate surface area is 162 Å². The summed E-state index contributed by atoms with van der Waals surface area (Å²) in [6, 6.07) is 12.3. The molecule has 2 N–H and O–H groups in total. The summed E-state index contributed by atoms with van der Waals surface area (Å²) >= 11 is 0. The molecule has 8 heteroatoms. The van der Waals surface area contributed by atoms with Gasteiger partial charge in [0.15, 0.2) is 0 Å². The maximum Gasteiger partial charge on any atom is 0.319 e. The number of nitrogens with zero attached hydrogens (tertiary/aromatic N) is 2. The summed E-state index contributed by atoms with van der Waals surface area (Å²) in [5, 5.41) is 9.57. The summed E-state index contributed by atoms with van der Waals surface area (Å²) in [6.07, 6.45) is 0. The maximum absolute atomic E-state index is 11.8. The number of urea groups is 1. The van der Waals surface area contributed by atoms with Crippen molar-refractivity contribution in [2.24, 2.45) is 0 Å². The number of anilines is 1. The van der Waals surface area contributed by atoms with Crippen molar-refractivity contribution in [3.05, 3.63) is 42.5 Å². The molecule has 0 aliphatic heterocycles. The van der Waals surface area contributed by atoms with Gasteiger partial charge in [0.05, 0.1) is 14.2 Å². The number of carbonyl (C=O) groups excluding carboxylic acids is 1. The first kappa shape index (κ1) is 19.2. The molecule has 2 amide bonds. The van der Waals surface area contributed by atoms with E-state index in [4.69, 9.17) is 14.0 Å². The Morgan fingerprint density at radius 3 is 2.21 bits per heavy atom. The van der Waals surface area contributed by atoms with E-state index in [-0.39, 0.29) is 12.1 Å².